The first-order chi connectivity index (χ1) is 13.7. The highest BCUT2D eigenvalue weighted by Crippen LogP contribution is 2.32. The summed E-state index contributed by atoms with van der Waals surface area (Å²) in [5.74, 6) is 1.88. The van der Waals surface area contributed by atoms with Gasteiger partial charge in [-0.3, -0.25) is 4.79 Å². The van der Waals surface area contributed by atoms with Crippen molar-refractivity contribution in [3.63, 3.8) is 0 Å². The van der Waals surface area contributed by atoms with E-state index in [2.05, 4.69) is 10.6 Å². The largest absolute Gasteiger partial charge is 0.494 e. The average molecular weight is 376 g/mol. The van der Waals surface area contributed by atoms with Crippen molar-refractivity contribution in [2.45, 2.75) is 6.92 Å². The van der Waals surface area contributed by atoms with Crippen molar-refractivity contribution in [2.75, 3.05) is 24.0 Å². The standard InChI is InChI=1S/C22H20N2O4/c1-2-26-19-10-8-17(9-11-19)23-16-4-6-18(7-5-16)24-22(25)15-3-12-20-21(13-15)28-14-27-20/h3-13,23H,2,14H2,1H3,(H,24,25). The van der Waals surface area contributed by atoms with Crippen molar-refractivity contribution in [1.29, 1.82) is 0 Å². The molecule has 2 N–H and O–H groups in total. The maximum absolute atomic E-state index is 12.4. The molecule has 0 unspecified atom stereocenters. The number of nitrogens with one attached hydrogen (secondary N) is 2. The number of carbonyl (C=O) groups is 1. The number of carbonyl (C=O) groups excluding carboxylic acids is 1. The molecular weight excluding hydrogens is 356 g/mol. The Labute approximate surface area is 163 Å². The number of ether oxygens (including phenoxy) is 3. The fourth-order valence-corrected chi connectivity index (χ4v) is 2.85. The summed E-state index contributed by atoms with van der Waals surface area (Å²) >= 11 is 0. The summed E-state index contributed by atoms with van der Waals surface area (Å²) in [5, 5.41) is 6.20. The van der Waals surface area contributed by atoms with Gasteiger partial charge in [-0.05, 0) is 73.7 Å². The van der Waals surface area contributed by atoms with Crippen molar-refractivity contribution in [1.82, 2.24) is 0 Å². The Hall–Kier alpha value is -3.67. The van der Waals surface area contributed by atoms with Crippen LogP contribution >= 0.6 is 0 Å². The third-order valence-corrected chi connectivity index (χ3v) is 4.23. The lowest BCUT2D eigenvalue weighted by atomic mass is 10.2. The van der Waals surface area contributed by atoms with Crippen LogP contribution in [-0.2, 0) is 0 Å². The van der Waals surface area contributed by atoms with Crippen molar-refractivity contribution in [3.05, 3.63) is 72.3 Å². The van der Waals surface area contributed by atoms with Gasteiger partial charge >= 0.3 is 0 Å². The molecule has 0 spiro atoms. The molecule has 3 aromatic carbocycles. The van der Waals surface area contributed by atoms with Gasteiger partial charge in [-0.1, -0.05) is 0 Å². The lowest BCUT2D eigenvalue weighted by Crippen LogP contribution is -2.11. The van der Waals surface area contributed by atoms with Crippen LogP contribution in [0.3, 0.4) is 0 Å². The highest BCUT2D eigenvalue weighted by atomic mass is 16.7. The fourth-order valence-electron chi connectivity index (χ4n) is 2.85. The molecule has 28 heavy (non-hydrogen) atoms. The summed E-state index contributed by atoms with van der Waals surface area (Å²) in [5.41, 5.74) is 3.10. The molecule has 4 rings (SSSR count). The summed E-state index contributed by atoms with van der Waals surface area (Å²) in [4.78, 5) is 12.4. The number of rotatable bonds is 6. The maximum Gasteiger partial charge on any atom is 0.255 e. The minimum absolute atomic E-state index is 0.184. The predicted molar refractivity (Wildman–Crippen MR) is 108 cm³/mol. The smallest absolute Gasteiger partial charge is 0.255 e. The molecule has 0 fully saturated rings. The van der Waals surface area contributed by atoms with Gasteiger partial charge in [-0.25, -0.2) is 0 Å². The van der Waals surface area contributed by atoms with Crippen molar-refractivity contribution < 1.29 is 19.0 Å². The van der Waals surface area contributed by atoms with E-state index >= 15 is 0 Å². The van der Waals surface area contributed by atoms with Gasteiger partial charge in [0.25, 0.3) is 5.91 Å². The van der Waals surface area contributed by atoms with Crippen LogP contribution in [0.4, 0.5) is 17.1 Å². The number of fused-ring (bicyclic) bond motifs is 1. The lowest BCUT2D eigenvalue weighted by Gasteiger charge is -2.10. The van der Waals surface area contributed by atoms with Crippen molar-refractivity contribution >= 4 is 23.0 Å². The molecule has 0 bridgehead atoms. The van der Waals surface area contributed by atoms with Gasteiger partial charge in [0, 0.05) is 22.6 Å². The van der Waals surface area contributed by atoms with Crippen LogP contribution in [0.1, 0.15) is 17.3 Å². The Bertz CT molecular complexity index is 969. The first-order valence-electron chi connectivity index (χ1n) is 9.02. The van der Waals surface area contributed by atoms with Gasteiger partial charge in [0.05, 0.1) is 6.61 Å². The molecule has 6 nitrogen and oxygen atoms in total. The molecule has 0 radical (unpaired) electrons. The van der Waals surface area contributed by atoms with Crippen LogP contribution in [0, 0.1) is 0 Å². The Balaban J connectivity index is 1.38. The highest BCUT2D eigenvalue weighted by Gasteiger charge is 2.16. The molecule has 1 aliphatic heterocycles. The zero-order chi connectivity index (χ0) is 19.3. The highest BCUT2D eigenvalue weighted by molar-refractivity contribution is 6.04. The average Bonchev–Trinajstić information content (AvgIpc) is 3.19. The Morgan fingerprint density at radius 2 is 1.54 bits per heavy atom. The Morgan fingerprint density at radius 3 is 2.25 bits per heavy atom. The van der Waals surface area contributed by atoms with Crippen LogP contribution in [-0.4, -0.2) is 19.3 Å². The molecule has 0 aliphatic carbocycles. The van der Waals surface area contributed by atoms with E-state index in [0.29, 0.717) is 29.4 Å². The van der Waals surface area contributed by atoms with Gasteiger partial charge in [-0.15, -0.1) is 0 Å². The number of hydrogen-bond donors (Lipinski definition) is 2. The quantitative estimate of drug-likeness (QED) is 0.646. The molecule has 1 amide bonds. The SMILES string of the molecule is CCOc1ccc(Nc2ccc(NC(=O)c3ccc4c(c3)OCO4)cc2)cc1. The second kappa shape index (κ2) is 7.92. The first kappa shape index (κ1) is 17.7. The lowest BCUT2D eigenvalue weighted by molar-refractivity contribution is 0.102. The van der Waals surface area contributed by atoms with Crippen LogP contribution in [0.25, 0.3) is 0 Å². The molecule has 0 saturated carbocycles. The van der Waals surface area contributed by atoms with Crippen LogP contribution in [0.15, 0.2) is 66.7 Å². The summed E-state index contributed by atoms with van der Waals surface area (Å²) < 4.78 is 16.0. The summed E-state index contributed by atoms with van der Waals surface area (Å²) in [6.45, 7) is 2.79. The zero-order valence-electron chi connectivity index (χ0n) is 15.4. The van der Waals surface area contributed by atoms with Gasteiger partial charge < -0.3 is 24.8 Å². The van der Waals surface area contributed by atoms with Crippen molar-refractivity contribution in [2.24, 2.45) is 0 Å². The van der Waals surface area contributed by atoms with Crippen molar-refractivity contribution in [3.8, 4) is 17.2 Å². The number of anilines is 3. The van der Waals surface area contributed by atoms with Crippen LogP contribution < -0.4 is 24.8 Å². The van der Waals surface area contributed by atoms with E-state index in [4.69, 9.17) is 14.2 Å². The van der Waals surface area contributed by atoms with E-state index in [-0.39, 0.29) is 12.7 Å². The summed E-state index contributed by atoms with van der Waals surface area (Å²) in [6, 6.07) is 20.4. The van der Waals surface area contributed by atoms with E-state index in [9.17, 15) is 4.79 Å². The second-order valence-corrected chi connectivity index (χ2v) is 6.18. The zero-order valence-corrected chi connectivity index (χ0v) is 15.4. The van der Waals surface area contributed by atoms with Gasteiger partial charge in [0.1, 0.15) is 5.75 Å². The molecule has 0 atom stereocenters. The van der Waals surface area contributed by atoms with E-state index in [0.717, 1.165) is 17.1 Å². The number of hydrogen-bond acceptors (Lipinski definition) is 5. The maximum atomic E-state index is 12.4. The molecule has 1 heterocycles. The molecule has 0 aromatic heterocycles. The monoisotopic (exact) mass is 376 g/mol. The summed E-state index contributed by atoms with van der Waals surface area (Å²) in [6.07, 6.45) is 0. The third-order valence-electron chi connectivity index (χ3n) is 4.23. The molecule has 1 aliphatic rings. The topological polar surface area (TPSA) is 68.8 Å². The minimum Gasteiger partial charge on any atom is -0.494 e. The molecule has 142 valence electrons. The first-order valence-corrected chi connectivity index (χ1v) is 9.02. The second-order valence-electron chi connectivity index (χ2n) is 6.18. The molecule has 3 aromatic rings. The van der Waals surface area contributed by atoms with Gasteiger partial charge in [0.15, 0.2) is 11.5 Å². The Kier molecular flexibility index (Phi) is 5.01. The van der Waals surface area contributed by atoms with E-state index in [1.54, 1.807) is 18.2 Å². The molecular formula is C22H20N2O4. The fraction of sp³-hybridized carbons (Fsp3) is 0.136. The van der Waals surface area contributed by atoms with E-state index in [1.807, 2.05) is 55.5 Å². The third kappa shape index (κ3) is 4.01. The predicted octanol–water partition coefficient (Wildman–Crippen LogP) is 4.81. The van der Waals surface area contributed by atoms with Crippen LogP contribution in [0.2, 0.25) is 0 Å². The summed E-state index contributed by atoms with van der Waals surface area (Å²) in [7, 11) is 0. The van der Waals surface area contributed by atoms with E-state index < -0.39 is 0 Å². The number of amides is 1. The number of benzene rings is 3. The normalized spacial score (nSPS) is 11.8. The minimum atomic E-state index is -0.203. The van der Waals surface area contributed by atoms with E-state index in [1.165, 1.54) is 0 Å². The molecule has 0 saturated heterocycles. The van der Waals surface area contributed by atoms with Gasteiger partial charge in [-0.2, -0.15) is 0 Å². The molecule has 6 heteroatoms. The van der Waals surface area contributed by atoms with Gasteiger partial charge in [0.2, 0.25) is 6.79 Å². The van der Waals surface area contributed by atoms with Crippen LogP contribution in [0.5, 0.6) is 17.2 Å². The Morgan fingerprint density at radius 1 is 0.893 bits per heavy atom.